The molecule has 0 fully saturated rings. The second kappa shape index (κ2) is 5.47. The average Bonchev–Trinajstić information content (AvgIpc) is 2.46. The summed E-state index contributed by atoms with van der Waals surface area (Å²) in [6.07, 6.45) is 1.12. The van der Waals surface area contributed by atoms with Crippen molar-refractivity contribution in [2.24, 2.45) is 0 Å². The van der Waals surface area contributed by atoms with Crippen LogP contribution in [0.2, 0.25) is 5.02 Å². The topological polar surface area (TPSA) is 21.3 Å². The van der Waals surface area contributed by atoms with Crippen LogP contribution in [0.3, 0.4) is 0 Å². The van der Waals surface area contributed by atoms with Gasteiger partial charge >= 0.3 is 0 Å². The molecule has 0 amide bonds. The zero-order chi connectivity index (χ0) is 14.1. The maximum Gasteiger partial charge on any atom is 0.137 e. The van der Waals surface area contributed by atoms with Crippen LogP contribution in [-0.4, -0.2) is 14.2 Å². The van der Waals surface area contributed by atoms with Crippen LogP contribution in [0, 0.1) is 0 Å². The van der Waals surface area contributed by atoms with Gasteiger partial charge in [0.25, 0.3) is 0 Å². The number of nitrogens with one attached hydrogen (secondary N) is 1. The Labute approximate surface area is 124 Å². The summed E-state index contributed by atoms with van der Waals surface area (Å²) >= 11 is 6.11. The maximum atomic E-state index is 6.11. The Kier molecular flexibility index (Phi) is 3.68. The van der Waals surface area contributed by atoms with E-state index in [4.69, 9.17) is 16.3 Å². The Balaban J connectivity index is 1.92. The molecule has 0 bridgehead atoms. The molecule has 0 radical (unpaired) electrons. The molecule has 1 N–H and O–H groups in total. The van der Waals surface area contributed by atoms with Gasteiger partial charge in [-0.25, -0.2) is 0 Å². The van der Waals surface area contributed by atoms with Crippen molar-refractivity contribution >= 4 is 11.6 Å². The van der Waals surface area contributed by atoms with Crippen LogP contribution in [0.5, 0.6) is 5.75 Å². The predicted octanol–water partition coefficient (Wildman–Crippen LogP) is 3.95. The summed E-state index contributed by atoms with van der Waals surface area (Å²) in [7, 11) is 3.66. The van der Waals surface area contributed by atoms with Gasteiger partial charge in [0.1, 0.15) is 5.75 Å². The van der Waals surface area contributed by atoms with Crippen molar-refractivity contribution in [1.82, 2.24) is 5.32 Å². The van der Waals surface area contributed by atoms with Crippen LogP contribution in [0.25, 0.3) is 0 Å². The van der Waals surface area contributed by atoms with E-state index in [1.165, 1.54) is 16.7 Å². The van der Waals surface area contributed by atoms with Crippen molar-refractivity contribution in [3.63, 3.8) is 0 Å². The highest BCUT2D eigenvalue weighted by Crippen LogP contribution is 2.44. The molecule has 0 aliphatic heterocycles. The third-order valence-electron chi connectivity index (χ3n) is 4.14. The largest absolute Gasteiger partial charge is 0.495 e. The lowest BCUT2D eigenvalue weighted by Crippen LogP contribution is -2.31. The Morgan fingerprint density at radius 2 is 2.05 bits per heavy atom. The van der Waals surface area contributed by atoms with Crippen molar-refractivity contribution in [3.8, 4) is 5.75 Å². The molecule has 1 aliphatic rings. The standard InChI is InChI=1S/C17H18ClNO/c1-19-17(12-7-8-15(18)16(10-12)20-2)14-9-11-5-3-4-6-13(11)14/h3-8,10,14,17,19H,9H2,1-2H3. The quantitative estimate of drug-likeness (QED) is 0.919. The molecule has 0 heterocycles. The maximum absolute atomic E-state index is 6.11. The first-order chi connectivity index (χ1) is 9.74. The van der Waals surface area contributed by atoms with E-state index < -0.39 is 0 Å². The first-order valence-corrected chi connectivity index (χ1v) is 7.21. The lowest BCUT2D eigenvalue weighted by molar-refractivity contribution is 0.408. The molecule has 3 rings (SSSR count). The van der Waals surface area contributed by atoms with Crippen molar-refractivity contribution in [3.05, 3.63) is 64.2 Å². The Bertz CT molecular complexity index is 626. The van der Waals surface area contributed by atoms with Crippen LogP contribution < -0.4 is 10.1 Å². The van der Waals surface area contributed by atoms with Gasteiger partial charge in [-0.15, -0.1) is 0 Å². The van der Waals surface area contributed by atoms with E-state index in [0.717, 1.165) is 12.2 Å². The lowest BCUT2D eigenvalue weighted by atomic mass is 9.72. The van der Waals surface area contributed by atoms with Gasteiger partial charge in [0.15, 0.2) is 0 Å². The lowest BCUT2D eigenvalue weighted by Gasteiger charge is -2.37. The van der Waals surface area contributed by atoms with Gasteiger partial charge in [-0.1, -0.05) is 41.9 Å². The normalized spacial score (nSPS) is 18.1. The SMILES string of the molecule is CNC(c1ccc(Cl)c(OC)c1)C1Cc2ccccc21. The fraction of sp³-hybridized carbons (Fsp3) is 0.294. The molecule has 2 aromatic carbocycles. The number of hydrogen-bond donors (Lipinski definition) is 1. The number of benzene rings is 2. The third-order valence-corrected chi connectivity index (χ3v) is 4.45. The minimum atomic E-state index is 0.288. The molecule has 2 aromatic rings. The van der Waals surface area contributed by atoms with Gasteiger partial charge in [-0.3, -0.25) is 0 Å². The van der Waals surface area contributed by atoms with E-state index in [-0.39, 0.29) is 6.04 Å². The first-order valence-electron chi connectivity index (χ1n) is 6.83. The summed E-state index contributed by atoms with van der Waals surface area (Å²) in [5.74, 6) is 1.25. The number of likely N-dealkylation sites (N-methyl/N-ethyl adjacent to an activating group) is 1. The highest BCUT2D eigenvalue weighted by Gasteiger charge is 2.33. The zero-order valence-corrected chi connectivity index (χ0v) is 12.4. The molecule has 0 saturated carbocycles. The predicted molar refractivity (Wildman–Crippen MR) is 82.7 cm³/mol. The molecule has 3 heteroatoms. The highest BCUT2D eigenvalue weighted by molar-refractivity contribution is 6.32. The summed E-state index contributed by atoms with van der Waals surface area (Å²) in [4.78, 5) is 0. The van der Waals surface area contributed by atoms with Crippen LogP contribution in [0.1, 0.15) is 28.7 Å². The van der Waals surface area contributed by atoms with Gasteiger partial charge in [0, 0.05) is 12.0 Å². The molecule has 2 unspecified atom stereocenters. The Morgan fingerprint density at radius 3 is 2.75 bits per heavy atom. The fourth-order valence-corrected chi connectivity index (χ4v) is 3.26. The van der Waals surface area contributed by atoms with Crippen LogP contribution >= 0.6 is 11.6 Å². The average molecular weight is 288 g/mol. The second-order valence-electron chi connectivity index (χ2n) is 5.17. The van der Waals surface area contributed by atoms with Crippen molar-refractivity contribution in [2.45, 2.75) is 18.4 Å². The number of methoxy groups -OCH3 is 1. The van der Waals surface area contributed by atoms with Gasteiger partial charge in [-0.05, 0) is 42.3 Å². The van der Waals surface area contributed by atoms with E-state index >= 15 is 0 Å². The molecule has 2 nitrogen and oxygen atoms in total. The zero-order valence-electron chi connectivity index (χ0n) is 11.7. The molecule has 0 spiro atoms. The molecule has 20 heavy (non-hydrogen) atoms. The summed E-state index contributed by atoms with van der Waals surface area (Å²) in [5, 5.41) is 4.09. The highest BCUT2D eigenvalue weighted by atomic mass is 35.5. The van der Waals surface area contributed by atoms with E-state index in [1.54, 1.807) is 7.11 Å². The van der Waals surface area contributed by atoms with E-state index in [9.17, 15) is 0 Å². The molecule has 2 atom stereocenters. The molecule has 0 saturated heterocycles. The number of rotatable bonds is 4. The number of hydrogen-bond acceptors (Lipinski definition) is 2. The molecular weight excluding hydrogens is 270 g/mol. The molecule has 1 aliphatic carbocycles. The Morgan fingerprint density at radius 1 is 1.25 bits per heavy atom. The molecular formula is C17H18ClNO. The monoisotopic (exact) mass is 287 g/mol. The van der Waals surface area contributed by atoms with E-state index in [2.05, 4.69) is 35.6 Å². The number of fused-ring (bicyclic) bond motifs is 1. The van der Waals surface area contributed by atoms with Gasteiger partial charge in [-0.2, -0.15) is 0 Å². The second-order valence-corrected chi connectivity index (χ2v) is 5.58. The van der Waals surface area contributed by atoms with Crippen LogP contribution in [0.4, 0.5) is 0 Å². The number of halogens is 1. The van der Waals surface area contributed by atoms with Crippen molar-refractivity contribution in [2.75, 3.05) is 14.2 Å². The molecule has 0 aromatic heterocycles. The van der Waals surface area contributed by atoms with E-state index in [0.29, 0.717) is 10.9 Å². The molecule has 104 valence electrons. The number of ether oxygens (including phenoxy) is 1. The minimum Gasteiger partial charge on any atom is -0.495 e. The summed E-state index contributed by atoms with van der Waals surface area (Å²) in [6, 6.07) is 15.0. The summed E-state index contributed by atoms with van der Waals surface area (Å²) in [6.45, 7) is 0. The van der Waals surface area contributed by atoms with Crippen LogP contribution in [0.15, 0.2) is 42.5 Å². The minimum absolute atomic E-state index is 0.288. The van der Waals surface area contributed by atoms with E-state index in [1.807, 2.05) is 19.2 Å². The Hall–Kier alpha value is -1.51. The van der Waals surface area contributed by atoms with Crippen LogP contribution in [-0.2, 0) is 6.42 Å². The van der Waals surface area contributed by atoms with Gasteiger partial charge in [0.2, 0.25) is 0 Å². The fourth-order valence-electron chi connectivity index (χ4n) is 3.06. The summed E-state index contributed by atoms with van der Waals surface area (Å²) < 4.78 is 5.32. The smallest absolute Gasteiger partial charge is 0.137 e. The van der Waals surface area contributed by atoms with Crippen molar-refractivity contribution in [1.29, 1.82) is 0 Å². The first kappa shape index (κ1) is 13.5. The van der Waals surface area contributed by atoms with Gasteiger partial charge < -0.3 is 10.1 Å². The van der Waals surface area contributed by atoms with Crippen molar-refractivity contribution < 1.29 is 4.74 Å². The van der Waals surface area contributed by atoms with Gasteiger partial charge in [0.05, 0.1) is 12.1 Å². The third kappa shape index (κ3) is 2.19. The summed E-state index contributed by atoms with van der Waals surface area (Å²) in [5.41, 5.74) is 4.12.